The summed E-state index contributed by atoms with van der Waals surface area (Å²) in [6.07, 6.45) is 0.840. The van der Waals surface area contributed by atoms with Crippen LogP contribution in [0.1, 0.15) is 0 Å². The van der Waals surface area contributed by atoms with Gasteiger partial charge in [-0.3, -0.25) is 10.1 Å². The number of azo groups is 1. The molecule has 0 amide bonds. The van der Waals surface area contributed by atoms with Gasteiger partial charge < -0.3 is 5.11 Å². The number of fused-ring (bicyclic) bond motifs is 1. The molecule has 17 heteroatoms. The number of nitrogens with two attached hydrogens (primary N) is 2. The van der Waals surface area contributed by atoms with E-state index in [4.69, 9.17) is 10.3 Å². The van der Waals surface area contributed by atoms with E-state index in [0.717, 1.165) is 42.7 Å². The van der Waals surface area contributed by atoms with Crippen LogP contribution in [0.3, 0.4) is 0 Å². The fraction of sp³-hybridized carbons (Fsp3) is 0.0435. The van der Waals surface area contributed by atoms with Gasteiger partial charge in [-0.25, -0.2) is 35.5 Å². The number of nitro groups is 1. The number of nitrogens with zero attached hydrogens (tertiary/aromatic N) is 3. The first-order valence-electron chi connectivity index (χ1n) is 10.8. The number of hydrogen-bond acceptors (Lipinski definition) is 11. The number of sulfone groups is 1. The van der Waals surface area contributed by atoms with E-state index in [9.17, 15) is 40.5 Å². The van der Waals surface area contributed by atoms with Crippen molar-refractivity contribution >= 4 is 57.7 Å². The molecule has 4 aromatic rings. The SMILES string of the molecule is CS(=O)(=O)c1cc([N+](=O)[O-])ccc1N=Nc1ccc(O)c2cccc(-c3cc(S(N)(=O)=O)ccc3S(N)(=O)=O)c12. The smallest absolute Gasteiger partial charge is 0.270 e. The van der Waals surface area contributed by atoms with Gasteiger partial charge in [0.05, 0.1) is 20.4 Å². The molecule has 4 rings (SSSR count). The van der Waals surface area contributed by atoms with E-state index >= 15 is 0 Å². The van der Waals surface area contributed by atoms with Crippen LogP contribution in [0.2, 0.25) is 0 Å². The summed E-state index contributed by atoms with van der Waals surface area (Å²) in [4.78, 5) is 9.04. The molecule has 0 unspecified atom stereocenters. The number of non-ortho nitro benzene ring substituents is 1. The van der Waals surface area contributed by atoms with Crippen LogP contribution in [0.15, 0.2) is 91.6 Å². The Morgan fingerprint density at radius 1 is 0.775 bits per heavy atom. The molecule has 14 nitrogen and oxygen atoms in total. The lowest BCUT2D eigenvalue weighted by Crippen LogP contribution is -2.16. The molecular weight excluding hydrogens is 586 g/mol. The van der Waals surface area contributed by atoms with Gasteiger partial charge >= 0.3 is 0 Å². The summed E-state index contributed by atoms with van der Waals surface area (Å²) in [5, 5.41) is 40.6. The van der Waals surface area contributed by atoms with Crippen molar-refractivity contribution in [2.45, 2.75) is 14.7 Å². The van der Waals surface area contributed by atoms with Gasteiger partial charge in [-0.1, -0.05) is 18.2 Å². The molecule has 0 heterocycles. The van der Waals surface area contributed by atoms with Gasteiger partial charge in [0, 0.05) is 34.7 Å². The summed E-state index contributed by atoms with van der Waals surface area (Å²) in [5.41, 5.74) is -0.810. The van der Waals surface area contributed by atoms with Crippen LogP contribution in [-0.2, 0) is 29.9 Å². The maximum absolute atomic E-state index is 12.4. The Hall–Kier alpha value is -4.29. The third-order valence-corrected chi connectivity index (χ3v) is 8.70. The van der Waals surface area contributed by atoms with Crippen LogP contribution >= 0.6 is 0 Å². The fourth-order valence-electron chi connectivity index (χ4n) is 3.93. The van der Waals surface area contributed by atoms with Gasteiger partial charge in [0.15, 0.2) is 9.84 Å². The van der Waals surface area contributed by atoms with Crippen molar-refractivity contribution in [2.24, 2.45) is 20.5 Å². The van der Waals surface area contributed by atoms with Crippen LogP contribution < -0.4 is 10.3 Å². The number of phenols is 1. The van der Waals surface area contributed by atoms with E-state index in [1.54, 1.807) is 0 Å². The lowest BCUT2D eigenvalue weighted by molar-refractivity contribution is -0.385. The lowest BCUT2D eigenvalue weighted by Gasteiger charge is -2.14. The first-order valence-corrected chi connectivity index (χ1v) is 15.8. The molecule has 0 radical (unpaired) electrons. The molecule has 0 spiro atoms. The summed E-state index contributed by atoms with van der Waals surface area (Å²) in [6, 6.07) is 12.8. The van der Waals surface area contributed by atoms with Crippen LogP contribution in [0.25, 0.3) is 21.9 Å². The normalized spacial score (nSPS) is 12.7. The molecule has 0 aliphatic heterocycles. The number of primary sulfonamides is 2. The van der Waals surface area contributed by atoms with E-state index in [1.165, 1.54) is 30.3 Å². The molecule has 0 aromatic heterocycles. The topological polar surface area (TPSA) is 243 Å². The zero-order valence-corrected chi connectivity index (χ0v) is 22.7. The monoisotopic (exact) mass is 605 g/mol. The second-order valence-corrected chi connectivity index (χ2v) is 13.5. The fourth-order valence-corrected chi connectivity index (χ4v) is 6.03. The standard InChI is InChI=1S/C23H19N5O9S3/c1-38(32,33)22-11-13(28(30)31)5-7-18(22)26-27-19-8-9-20(29)16-4-2-3-15(23(16)19)17-12-14(39(24,34)35)6-10-21(17)40(25,36)37/h2-12,29H,1H3,(H2,24,34,35)(H2,25,36,37). The lowest BCUT2D eigenvalue weighted by atomic mass is 9.96. The summed E-state index contributed by atoms with van der Waals surface area (Å²) in [5.74, 6) is -0.247. The van der Waals surface area contributed by atoms with E-state index in [2.05, 4.69) is 10.2 Å². The number of benzene rings is 4. The van der Waals surface area contributed by atoms with E-state index in [-0.39, 0.29) is 39.0 Å². The first kappa shape index (κ1) is 28.7. The molecule has 0 atom stereocenters. The molecule has 208 valence electrons. The highest BCUT2D eigenvalue weighted by Gasteiger charge is 2.23. The third kappa shape index (κ3) is 5.68. The molecule has 0 aliphatic carbocycles. The predicted octanol–water partition coefficient (Wildman–Crippen LogP) is 3.23. The maximum atomic E-state index is 12.4. The minimum Gasteiger partial charge on any atom is -0.507 e. The Bertz CT molecular complexity index is 2080. The molecule has 0 fully saturated rings. The van der Waals surface area contributed by atoms with Crippen molar-refractivity contribution in [3.63, 3.8) is 0 Å². The number of nitro benzene ring substituents is 1. The van der Waals surface area contributed by atoms with Crippen molar-refractivity contribution in [3.8, 4) is 16.9 Å². The zero-order valence-electron chi connectivity index (χ0n) is 20.3. The van der Waals surface area contributed by atoms with Gasteiger partial charge in [0.25, 0.3) is 5.69 Å². The number of rotatable bonds is 7. The number of phenolic OH excluding ortho intramolecular Hbond substituents is 1. The summed E-state index contributed by atoms with van der Waals surface area (Å²) in [7, 11) is -12.7. The summed E-state index contributed by atoms with van der Waals surface area (Å²) < 4.78 is 73.4. The van der Waals surface area contributed by atoms with Gasteiger partial charge in [0.2, 0.25) is 20.0 Å². The minimum atomic E-state index is -4.40. The Morgan fingerprint density at radius 3 is 2.02 bits per heavy atom. The molecule has 5 N–H and O–H groups in total. The summed E-state index contributed by atoms with van der Waals surface area (Å²) in [6.45, 7) is 0. The Kier molecular flexibility index (Phi) is 7.20. The molecule has 4 aromatic carbocycles. The molecular formula is C23H19N5O9S3. The third-order valence-electron chi connectivity index (χ3n) is 5.69. The molecule has 0 saturated carbocycles. The predicted molar refractivity (Wildman–Crippen MR) is 144 cm³/mol. The largest absolute Gasteiger partial charge is 0.507 e. The Morgan fingerprint density at radius 2 is 1.43 bits per heavy atom. The summed E-state index contributed by atoms with van der Waals surface area (Å²) >= 11 is 0. The second-order valence-electron chi connectivity index (χ2n) is 8.46. The van der Waals surface area contributed by atoms with Crippen molar-refractivity contribution in [3.05, 3.63) is 76.8 Å². The van der Waals surface area contributed by atoms with E-state index < -0.39 is 55.2 Å². The van der Waals surface area contributed by atoms with Gasteiger partial charge in [-0.2, -0.15) is 0 Å². The molecule has 0 bridgehead atoms. The second kappa shape index (κ2) is 10.0. The van der Waals surface area contributed by atoms with Crippen molar-refractivity contribution in [1.29, 1.82) is 0 Å². The highest BCUT2D eigenvalue weighted by atomic mass is 32.2. The average Bonchev–Trinajstić information content (AvgIpc) is 2.86. The molecule has 40 heavy (non-hydrogen) atoms. The Balaban J connectivity index is 2.05. The van der Waals surface area contributed by atoms with Crippen LogP contribution in [0, 0.1) is 10.1 Å². The molecule has 0 saturated heterocycles. The quantitative estimate of drug-likeness (QED) is 0.159. The number of hydrogen-bond donors (Lipinski definition) is 3. The van der Waals surface area contributed by atoms with Crippen LogP contribution in [0.5, 0.6) is 5.75 Å². The highest BCUT2D eigenvalue weighted by Crippen LogP contribution is 2.42. The number of sulfonamides is 2. The van der Waals surface area contributed by atoms with Crippen molar-refractivity contribution in [1.82, 2.24) is 0 Å². The van der Waals surface area contributed by atoms with Gasteiger partial charge in [0.1, 0.15) is 16.3 Å². The minimum absolute atomic E-state index is 0.00239. The van der Waals surface area contributed by atoms with Crippen LogP contribution in [0.4, 0.5) is 17.1 Å². The molecule has 0 aliphatic rings. The average molecular weight is 606 g/mol. The highest BCUT2D eigenvalue weighted by molar-refractivity contribution is 7.91. The first-order chi connectivity index (χ1) is 18.5. The zero-order chi connectivity index (χ0) is 29.6. The Labute approximate surface area is 227 Å². The number of aromatic hydroxyl groups is 1. The van der Waals surface area contributed by atoms with Gasteiger partial charge in [-0.15, -0.1) is 10.2 Å². The van der Waals surface area contributed by atoms with E-state index in [0.29, 0.717) is 0 Å². The van der Waals surface area contributed by atoms with E-state index in [1.807, 2.05) is 0 Å². The maximum Gasteiger partial charge on any atom is 0.270 e. The van der Waals surface area contributed by atoms with Crippen LogP contribution in [-0.4, -0.2) is 41.5 Å². The van der Waals surface area contributed by atoms with Crippen molar-refractivity contribution < 1.29 is 35.3 Å². The van der Waals surface area contributed by atoms with Gasteiger partial charge in [-0.05, 0) is 42.0 Å². The van der Waals surface area contributed by atoms with Crippen molar-refractivity contribution in [2.75, 3.05) is 6.26 Å².